The zero-order chi connectivity index (χ0) is 16.3. The van der Waals surface area contributed by atoms with Crippen LogP contribution < -0.4 is 5.32 Å². The minimum absolute atomic E-state index is 0.118. The fourth-order valence-corrected chi connectivity index (χ4v) is 2.75. The van der Waals surface area contributed by atoms with Crippen molar-refractivity contribution in [3.63, 3.8) is 0 Å². The van der Waals surface area contributed by atoms with Crippen molar-refractivity contribution in [2.24, 2.45) is 11.3 Å². The summed E-state index contributed by atoms with van der Waals surface area (Å²) in [5.41, 5.74) is -0.118. The fourth-order valence-electron chi connectivity index (χ4n) is 2.75. The van der Waals surface area contributed by atoms with E-state index in [0.717, 1.165) is 0 Å². The first-order valence-electron chi connectivity index (χ1n) is 7.38. The Hall–Kier alpha value is -1.20. The quantitative estimate of drug-likeness (QED) is 0.819. The van der Waals surface area contributed by atoms with Crippen molar-refractivity contribution in [2.45, 2.75) is 71.3 Å². The van der Waals surface area contributed by atoms with Gasteiger partial charge >= 0.3 is 5.97 Å². The number of carboxylic acid groups (broad SMARTS) is 1. The van der Waals surface area contributed by atoms with E-state index in [1.807, 2.05) is 20.8 Å². The van der Waals surface area contributed by atoms with Gasteiger partial charge in [-0.2, -0.15) is 0 Å². The Bertz CT molecular complexity index is 381. The maximum atomic E-state index is 13.1. The lowest BCUT2D eigenvalue weighted by atomic mass is 9.84. The van der Waals surface area contributed by atoms with Crippen LogP contribution >= 0.6 is 0 Å². The van der Waals surface area contributed by atoms with E-state index in [2.05, 4.69) is 5.32 Å². The van der Waals surface area contributed by atoms with Crippen LogP contribution in [0.4, 0.5) is 8.78 Å². The van der Waals surface area contributed by atoms with Crippen LogP contribution in [0.2, 0.25) is 0 Å². The van der Waals surface area contributed by atoms with Crippen LogP contribution in [0.25, 0.3) is 0 Å². The topological polar surface area (TPSA) is 66.4 Å². The summed E-state index contributed by atoms with van der Waals surface area (Å²) in [5, 5.41) is 11.7. The Balaban J connectivity index is 2.57. The number of halogens is 2. The van der Waals surface area contributed by atoms with Gasteiger partial charge in [-0.1, -0.05) is 20.8 Å². The third kappa shape index (κ3) is 6.87. The maximum Gasteiger partial charge on any atom is 0.305 e. The molecule has 6 heteroatoms. The summed E-state index contributed by atoms with van der Waals surface area (Å²) in [6.45, 7) is 5.90. The first-order chi connectivity index (χ1) is 9.48. The molecular formula is C15H25F2NO3. The van der Waals surface area contributed by atoms with Crippen molar-refractivity contribution in [1.82, 2.24) is 5.32 Å². The minimum atomic E-state index is -2.66. The zero-order valence-electron chi connectivity index (χ0n) is 12.9. The molecule has 1 rings (SSSR count). The van der Waals surface area contributed by atoms with Crippen molar-refractivity contribution in [3.05, 3.63) is 0 Å². The van der Waals surface area contributed by atoms with Crippen molar-refractivity contribution in [1.29, 1.82) is 0 Å². The van der Waals surface area contributed by atoms with Crippen molar-refractivity contribution < 1.29 is 23.5 Å². The number of alkyl halides is 2. The highest BCUT2D eigenvalue weighted by molar-refractivity contribution is 5.79. The molecule has 2 N–H and O–H groups in total. The monoisotopic (exact) mass is 305 g/mol. The van der Waals surface area contributed by atoms with Gasteiger partial charge in [0.2, 0.25) is 11.8 Å². The lowest BCUT2D eigenvalue weighted by Crippen LogP contribution is -2.43. The predicted octanol–water partition coefficient (Wildman–Crippen LogP) is 3.21. The highest BCUT2D eigenvalue weighted by Gasteiger charge is 2.38. The third-order valence-corrected chi connectivity index (χ3v) is 3.71. The third-order valence-electron chi connectivity index (χ3n) is 3.71. The minimum Gasteiger partial charge on any atom is -0.481 e. The Kier molecular flexibility index (Phi) is 5.70. The molecular weight excluding hydrogens is 280 g/mol. The summed E-state index contributed by atoms with van der Waals surface area (Å²) in [6, 6.07) is -0.461. The molecule has 0 aromatic rings. The molecule has 0 spiro atoms. The standard InChI is InChI=1S/C15H25F2NO3/c1-14(2,3)9-11(8-12(19)20)18-13(21)10-4-6-15(16,17)7-5-10/h10-11H,4-9H2,1-3H3,(H,18,21)(H,19,20). The fraction of sp³-hybridized carbons (Fsp3) is 0.867. The number of nitrogens with one attached hydrogen (secondary N) is 1. The van der Waals surface area contributed by atoms with E-state index in [-0.39, 0.29) is 43.4 Å². The molecule has 0 aliphatic heterocycles. The first-order valence-corrected chi connectivity index (χ1v) is 7.38. The molecule has 1 amide bonds. The average molecular weight is 305 g/mol. The number of carbonyl (C=O) groups excluding carboxylic acids is 1. The smallest absolute Gasteiger partial charge is 0.305 e. The van der Waals surface area contributed by atoms with Gasteiger partial charge in [-0.25, -0.2) is 8.78 Å². The van der Waals surface area contributed by atoms with Crippen LogP contribution in [0, 0.1) is 11.3 Å². The lowest BCUT2D eigenvalue weighted by molar-refractivity contribution is -0.138. The highest BCUT2D eigenvalue weighted by atomic mass is 19.3. The van der Waals surface area contributed by atoms with Crippen molar-refractivity contribution in [2.75, 3.05) is 0 Å². The number of amides is 1. The van der Waals surface area contributed by atoms with Gasteiger partial charge in [-0.15, -0.1) is 0 Å². The molecule has 1 saturated carbocycles. The molecule has 1 unspecified atom stereocenters. The summed E-state index contributed by atoms with van der Waals surface area (Å²) in [6.07, 6.45) is 0.171. The Morgan fingerprint density at radius 3 is 2.24 bits per heavy atom. The molecule has 0 saturated heterocycles. The molecule has 1 aliphatic rings. The van der Waals surface area contributed by atoms with Gasteiger partial charge in [0, 0.05) is 24.8 Å². The van der Waals surface area contributed by atoms with E-state index >= 15 is 0 Å². The summed E-state index contributed by atoms with van der Waals surface area (Å²) >= 11 is 0. The summed E-state index contributed by atoms with van der Waals surface area (Å²) in [5.74, 6) is -4.36. The molecule has 1 atom stereocenters. The maximum absolute atomic E-state index is 13.1. The predicted molar refractivity (Wildman–Crippen MR) is 75.2 cm³/mol. The first kappa shape index (κ1) is 17.9. The van der Waals surface area contributed by atoms with Crippen LogP contribution in [0.5, 0.6) is 0 Å². The van der Waals surface area contributed by atoms with E-state index in [1.54, 1.807) is 0 Å². The van der Waals surface area contributed by atoms with Crippen LogP contribution in [0.15, 0.2) is 0 Å². The molecule has 4 nitrogen and oxygen atoms in total. The van der Waals surface area contributed by atoms with Gasteiger partial charge in [0.15, 0.2) is 0 Å². The van der Waals surface area contributed by atoms with Gasteiger partial charge in [0.25, 0.3) is 0 Å². The number of carbonyl (C=O) groups is 2. The Morgan fingerprint density at radius 1 is 1.29 bits per heavy atom. The molecule has 122 valence electrons. The second-order valence-electron chi connectivity index (χ2n) is 7.20. The number of hydrogen-bond acceptors (Lipinski definition) is 2. The highest BCUT2D eigenvalue weighted by Crippen LogP contribution is 2.36. The largest absolute Gasteiger partial charge is 0.481 e. The van der Waals surface area contributed by atoms with Crippen LogP contribution in [0.3, 0.4) is 0 Å². The van der Waals surface area contributed by atoms with Crippen LogP contribution in [-0.2, 0) is 9.59 Å². The van der Waals surface area contributed by atoms with Crippen molar-refractivity contribution >= 4 is 11.9 Å². The van der Waals surface area contributed by atoms with E-state index in [0.29, 0.717) is 6.42 Å². The summed E-state index contributed by atoms with van der Waals surface area (Å²) in [7, 11) is 0. The second kappa shape index (κ2) is 6.71. The van der Waals surface area contributed by atoms with E-state index < -0.39 is 23.9 Å². The van der Waals surface area contributed by atoms with E-state index in [9.17, 15) is 18.4 Å². The molecule has 0 aromatic carbocycles. The normalized spacial score (nSPS) is 20.8. The van der Waals surface area contributed by atoms with E-state index in [1.165, 1.54) is 0 Å². The molecule has 0 heterocycles. The number of rotatable bonds is 5. The molecule has 0 radical (unpaired) electrons. The number of carboxylic acids is 1. The average Bonchev–Trinajstić information content (AvgIpc) is 2.24. The Morgan fingerprint density at radius 2 is 1.81 bits per heavy atom. The van der Waals surface area contributed by atoms with E-state index in [4.69, 9.17) is 5.11 Å². The van der Waals surface area contributed by atoms with Gasteiger partial charge in [-0.05, 0) is 24.7 Å². The lowest BCUT2D eigenvalue weighted by Gasteiger charge is -2.30. The summed E-state index contributed by atoms with van der Waals surface area (Å²) < 4.78 is 26.2. The van der Waals surface area contributed by atoms with Gasteiger partial charge in [0.05, 0.1) is 6.42 Å². The molecule has 0 aromatic heterocycles. The van der Waals surface area contributed by atoms with Crippen LogP contribution in [0.1, 0.15) is 59.3 Å². The van der Waals surface area contributed by atoms with Crippen LogP contribution in [-0.4, -0.2) is 28.9 Å². The second-order valence-corrected chi connectivity index (χ2v) is 7.20. The zero-order valence-corrected chi connectivity index (χ0v) is 12.9. The van der Waals surface area contributed by atoms with Gasteiger partial charge in [-0.3, -0.25) is 9.59 Å². The number of hydrogen-bond donors (Lipinski definition) is 2. The summed E-state index contributed by atoms with van der Waals surface area (Å²) in [4.78, 5) is 23.0. The van der Waals surface area contributed by atoms with Gasteiger partial charge < -0.3 is 10.4 Å². The Labute approximate surface area is 124 Å². The SMILES string of the molecule is CC(C)(C)CC(CC(=O)O)NC(=O)C1CCC(F)(F)CC1. The number of aliphatic carboxylic acids is 1. The molecule has 1 fully saturated rings. The van der Waals surface area contributed by atoms with Gasteiger partial charge in [0.1, 0.15) is 0 Å². The molecule has 21 heavy (non-hydrogen) atoms. The molecule has 1 aliphatic carbocycles. The van der Waals surface area contributed by atoms with Crippen molar-refractivity contribution in [3.8, 4) is 0 Å². The molecule has 0 bridgehead atoms.